The summed E-state index contributed by atoms with van der Waals surface area (Å²) in [4.78, 5) is 33.4. The zero-order chi connectivity index (χ0) is 23.0. The normalized spacial score (nSPS) is 16.5. The standard InChI is InChI=1S/C26H26FN3O3/c27-23-10-4-8-21(14-23)19-33-24-16-29(13-11-20-6-2-1-3-7-20)25(31)18-30(17-24)26(32)22-9-5-12-28-15-22/h1-10,12,14-15,24H,11,13,16-19H2/t24-/m1/s1. The molecule has 0 saturated carbocycles. The van der Waals surface area contributed by atoms with Crippen molar-refractivity contribution in [2.24, 2.45) is 0 Å². The van der Waals surface area contributed by atoms with Gasteiger partial charge in [-0.05, 0) is 41.8 Å². The summed E-state index contributed by atoms with van der Waals surface area (Å²) in [6.07, 6.45) is 3.39. The quantitative estimate of drug-likeness (QED) is 0.557. The molecule has 0 N–H and O–H groups in total. The lowest BCUT2D eigenvalue weighted by Gasteiger charge is -2.25. The Balaban J connectivity index is 1.49. The van der Waals surface area contributed by atoms with Crippen molar-refractivity contribution < 1.29 is 18.7 Å². The van der Waals surface area contributed by atoms with E-state index in [1.165, 1.54) is 23.2 Å². The Morgan fingerprint density at radius 3 is 2.61 bits per heavy atom. The molecule has 1 aliphatic heterocycles. The number of amides is 2. The van der Waals surface area contributed by atoms with Gasteiger partial charge in [-0.25, -0.2) is 4.39 Å². The van der Waals surface area contributed by atoms with Crippen LogP contribution in [0.1, 0.15) is 21.5 Å². The molecule has 1 fully saturated rings. The molecule has 0 aliphatic carbocycles. The summed E-state index contributed by atoms with van der Waals surface area (Å²) in [5.74, 6) is -0.717. The molecule has 0 spiro atoms. The van der Waals surface area contributed by atoms with E-state index < -0.39 is 6.10 Å². The maximum Gasteiger partial charge on any atom is 0.255 e. The van der Waals surface area contributed by atoms with Crippen LogP contribution in [0.15, 0.2) is 79.1 Å². The number of hydrogen-bond acceptors (Lipinski definition) is 4. The topological polar surface area (TPSA) is 62.7 Å². The first kappa shape index (κ1) is 22.6. The number of carbonyl (C=O) groups excluding carboxylic acids is 2. The third kappa shape index (κ3) is 6.23. The molecule has 7 heteroatoms. The summed E-state index contributed by atoms with van der Waals surface area (Å²) in [5.41, 5.74) is 2.26. The van der Waals surface area contributed by atoms with Crippen molar-refractivity contribution >= 4 is 11.8 Å². The molecular formula is C26H26FN3O3. The van der Waals surface area contributed by atoms with Crippen molar-refractivity contribution in [3.05, 3.63) is 102 Å². The first-order valence-electron chi connectivity index (χ1n) is 11.0. The number of halogens is 1. The van der Waals surface area contributed by atoms with Gasteiger partial charge in [0.15, 0.2) is 0 Å². The molecule has 170 valence electrons. The van der Waals surface area contributed by atoms with Crippen LogP contribution in [0.5, 0.6) is 0 Å². The molecule has 0 bridgehead atoms. The lowest BCUT2D eigenvalue weighted by molar-refractivity contribution is -0.131. The largest absolute Gasteiger partial charge is 0.370 e. The van der Waals surface area contributed by atoms with Gasteiger partial charge in [0.25, 0.3) is 5.91 Å². The zero-order valence-electron chi connectivity index (χ0n) is 18.3. The van der Waals surface area contributed by atoms with E-state index in [1.807, 2.05) is 30.3 Å². The fourth-order valence-electron chi connectivity index (χ4n) is 3.88. The summed E-state index contributed by atoms with van der Waals surface area (Å²) in [6.45, 7) is 1.31. The number of hydrogen-bond donors (Lipinski definition) is 0. The molecule has 1 saturated heterocycles. The van der Waals surface area contributed by atoms with Gasteiger partial charge in [-0.3, -0.25) is 14.6 Å². The van der Waals surface area contributed by atoms with Crippen LogP contribution < -0.4 is 0 Å². The van der Waals surface area contributed by atoms with Crippen LogP contribution in [0.4, 0.5) is 4.39 Å². The van der Waals surface area contributed by atoms with E-state index in [-0.39, 0.29) is 37.3 Å². The zero-order valence-corrected chi connectivity index (χ0v) is 18.3. The predicted molar refractivity (Wildman–Crippen MR) is 122 cm³/mol. The molecule has 4 rings (SSSR count). The van der Waals surface area contributed by atoms with Gasteiger partial charge in [0.2, 0.25) is 5.91 Å². The number of pyridine rings is 1. The second-order valence-electron chi connectivity index (χ2n) is 8.07. The summed E-state index contributed by atoms with van der Waals surface area (Å²) in [5, 5.41) is 0. The Kier molecular flexibility index (Phi) is 7.42. The lowest BCUT2D eigenvalue weighted by Crippen LogP contribution is -2.40. The Bertz CT molecular complexity index is 1080. The minimum atomic E-state index is -0.406. The second-order valence-corrected chi connectivity index (χ2v) is 8.07. The van der Waals surface area contributed by atoms with E-state index in [0.29, 0.717) is 30.6 Å². The number of rotatable bonds is 7. The first-order chi connectivity index (χ1) is 16.1. The highest BCUT2D eigenvalue weighted by atomic mass is 19.1. The molecule has 6 nitrogen and oxygen atoms in total. The van der Waals surface area contributed by atoms with Crippen molar-refractivity contribution in [2.45, 2.75) is 19.1 Å². The summed E-state index contributed by atoms with van der Waals surface area (Å²) in [7, 11) is 0. The van der Waals surface area contributed by atoms with Crippen LogP contribution in [0, 0.1) is 5.82 Å². The molecule has 2 aromatic carbocycles. The van der Waals surface area contributed by atoms with Gasteiger partial charge in [0, 0.05) is 32.0 Å². The highest BCUT2D eigenvalue weighted by Crippen LogP contribution is 2.15. The number of ether oxygens (including phenoxy) is 1. The Morgan fingerprint density at radius 2 is 1.85 bits per heavy atom. The number of benzene rings is 2. The van der Waals surface area contributed by atoms with Crippen molar-refractivity contribution in [2.75, 3.05) is 26.2 Å². The van der Waals surface area contributed by atoms with Gasteiger partial charge in [0.1, 0.15) is 12.4 Å². The van der Waals surface area contributed by atoms with E-state index in [9.17, 15) is 14.0 Å². The lowest BCUT2D eigenvalue weighted by atomic mass is 10.1. The van der Waals surface area contributed by atoms with Crippen molar-refractivity contribution in [1.82, 2.24) is 14.8 Å². The molecule has 1 aromatic heterocycles. The molecule has 3 aromatic rings. The van der Waals surface area contributed by atoms with Crippen molar-refractivity contribution in [1.29, 1.82) is 0 Å². The van der Waals surface area contributed by atoms with Crippen LogP contribution >= 0.6 is 0 Å². The van der Waals surface area contributed by atoms with E-state index >= 15 is 0 Å². The molecule has 33 heavy (non-hydrogen) atoms. The van der Waals surface area contributed by atoms with Crippen molar-refractivity contribution in [3.8, 4) is 0 Å². The van der Waals surface area contributed by atoms with E-state index in [1.54, 1.807) is 35.4 Å². The first-order valence-corrected chi connectivity index (χ1v) is 11.0. The van der Waals surface area contributed by atoms with Crippen LogP contribution in [-0.2, 0) is 22.6 Å². The van der Waals surface area contributed by atoms with Gasteiger partial charge >= 0.3 is 0 Å². The second kappa shape index (κ2) is 10.8. The number of carbonyl (C=O) groups is 2. The monoisotopic (exact) mass is 447 g/mol. The number of nitrogens with zero attached hydrogens (tertiary/aromatic N) is 3. The third-order valence-corrected chi connectivity index (χ3v) is 5.61. The van der Waals surface area contributed by atoms with Gasteiger partial charge in [-0.2, -0.15) is 0 Å². The van der Waals surface area contributed by atoms with Gasteiger partial charge < -0.3 is 14.5 Å². The third-order valence-electron chi connectivity index (χ3n) is 5.61. The minimum Gasteiger partial charge on any atom is -0.370 e. The fourth-order valence-corrected chi connectivity index (χ4v) is 3.88. The maximum absolute atomic E-state index is 13.6. The molecule has 1 aliphatic rings. The molecule has 1 atom stereocenters. The molecule has 2 heterocycles. The Hall–Kier alpha value is -3.58. The summed E-state index contributed by atoms with van der Waals surface area (Å²) in [6, 6.07) is 19.6. The van der Waals surface area contributed by atoms with Gasteiger partial charge in [0.05, 0.1) is 18.3 Å². The highest BCUT2D eigenvalue weighted by Gasteiger charge is 2.31. The predicted octanol–water partition coefficient (Wildman–Crippen LogP) is 3.33. The average molecular weight is 448 g/mol. The smallest absolute Gasteiger partial charge is 0.255 e. The summed E-state index contributed by atoms with van der Waals surface area (Å²) >= 11 is 0. The van der Waals surface area contributed by atoms with Crippen LogP contribution in [0.25, 0.3) is 0 Å². The molecular weight excluding hydrogens is 421 g/mol. The molecule has 0 radical (unpaired) electrons. The maximum atomic E-state index is 13.6. The Morgan fingerprint density at radius 1 is 1.03 bits per heavy atom. The van der Waals surface area contributed by atoms with E-state index in [0.717, 1.165) is 5.56 Å². The van der Waals surface area contributed by atoms with Crippen LogP contribution in [-0.4, -0.2) is 58.9 Å². The van der Waals surface area contributed by atoms with Crippen LogP contribution in [0.2, 0.25) is 0 Å². The van der Waals surface area contributed by atoms with E-state index in [2.05, 4.69) is 4.98 Å². The molecule has 2 amide bonds. The van der Waals surface area contributed by atoms with E-state index in [4.69, 9.17) is 4.74 Å². The van der Waals surface area contributed by atoms with Crippen LogP contribution in [0.3, 0.4) is 0 Å². The summed E-state index contributed by atoms with van der Waals surface area (Å²) < 4.78 is 19.6. The SMILES string of the molecule is O=C1CN(C(=O)c2cccnc2)C[C@H](OCc2cccc(F)c2)CN1CCc1ccccc1. The van der Waals surface area contributed by atoms with Gasteiger partial charge in [-0.1, -0.05) is 42.5 Å². The van der Waals surface area contributed by atoms with Crippen molar-refractivity contribution in [3.63, 3.8) is 0 Å². The van der Waals surface area contributed by atoms with Gasteiger partial charge in [-0.15, -0.1) is 0 Å². The minimum absolute atomic E-state index is 0.0255. The number of aromatic nitrogens is 1. The average Bonchev–Trinajstić information content (AvgIpc) is 3.00. The Labute approximate surface area is 192 Å². The highest BCUT2D eigenvalue weighted by molar-refractivity contribution is 5.96. The molecule has 0 unspecified atom stereocenters. The fraction of sp³-hybridized carbons (Fsp3) is 0.269.